The van der Waals surface area contributed by atoms with E-state index >= 15 is 0 Å². The number of nitrogens with one attached hydrogen (secondary N) is 1. The van der Waals surface area contributed by atoms with Crippen LogP contribution in [0.15, 0.2) is 10.6 Å². The minimum atomic E-state index is -0.339. The molecule has 1 N–H and O–H groups in total. The van der Waals surface area contributed by atoms with Gasteiger partial charge in [0.2, 0.25) is 0 Å². The number of carbonyl (C=O) groups excluding carboxylic acids is 3. The van der Waals surface area contributed by atoms with Gasteiger partial charge in [0.25, 0.3) is 5.91 Å². The molecule has 0 heterocycles. The molecule has 19 heavy (non-hydrogen) atoms. The van der Waals surface area contributed by atoms with Crippen molar-refractivity contribution in [3.05, 3.63) is 10.6 Å². The number of allylic oxidation sites excluding steroid dienone is 1. The van der Waals surface area contributed by atoms with E-state index in [2.05, 4.69) is 21.2 Å². The van der Waals surface area contributed by atoms with Crippen molar-refractivity contribution in [2.24, 2.45) is 0 Å². The quantitative estimate of drug-likeness (QED) is 0.488. The highest BCUT2D eigenvalue weighted by Crippen LogP contribution is 2.08. The molecule has 0 atom stereocenters. The van der Waals surface area contributed by atoms with Gasteiger partial charge < -0.3 is 14.8 Å². The second kappa shape index (κ2) is 10.9. The van der Waals surface area contributed by atoms with Gasteiger partial charge in [-0.2, -0.15) is 0 Å². The van der Waals surface area contributed by atoms with Gasteiger partial charge in [-0.1, -0.05) is 0 Å². The summed E-state index contributed by atoms with van der Waals surface area (Å²) in [5.41, 5.74) is 0. The Morgan fingerprint density at radius 2 is 1.84 bits per heavy atom. The smallest absolute Gasteiger partial charge is 0.258 e. The van der Waals surface area contributed by atoms with E-state index in [1.54, 1.807) is 7.11 Å². The van der Waals surface area contributed by atoms with Crippen molar-refractivity contribution in [2.45, 2.75) is 32.6 Å². The van der Waals surface area contributed by atoms with Crippen molar-refractivity contribution in [3.8, 4) is 0 Å². The third-order valence-electron chi connectivity index (χ3n) is 2.30. The molecule has 0 spiro atoms. The van der Waals surface area contributed by atoms with Crippen molar-refractivity contribution in [2.75, 3.05) is 20.3 Å². The van der Waals surface area contributed by atoms with Crippen LogP contribution < -0.4 is 5.32 Å². The molecule has 0 aromatic heterocycles. The molecule has 0 aliphatic heterocycles. The molecule has 0 aromatic rings. The molecular weight excluding hydrogens is 314 g/mol. The second-order valence-electron chi connectivity index (χ2n) is 4.12. The fourth-order valence-electron chi connectivity index (χ4n) is 1.30. The SMILES string of the molecule is COCCNC(=O)/C(Br)=C\C(=O)CCCCC(C)=O. The minimum Gasteiger partial charge on any atom is -0.383 e. The van der Waals surface area contributed by atoms with E-state index in [1.165, 1.54) is 13.0 Å². The number of hydrogen-bond acceptors (Lipinski definition) is 4. The van der Waals surface area contributed by atoms with Crippen molar-refractivity contribution < 1.29 is 19.1 Å². The van der Waals surface area contributed by atoms with Gasteiger partial charge in [0, 0.05) is 32.6 Å². The van der Waals surface area contributed by atoms with Crippen LogP contribution in [0.4, 0.5) is 0 Å². The van der Waals surface area contributed by atoms with Crippen LogP contribution >= 0.6 is 15.9 Å². The molecule has 0 aliphatic carbocycles. The Morgan fingerprint density at radius 1 is 1.21 bits per heavy atom. The Kier molecular flexibility index (Phi) is 10.3. The second-order valence-corrected chi connectivity index (χ2v) is 4.97. The first-order valence-corrected chi connectivity index (χ1v) is 6.93. The van der Waals surface area contributed by atoms with E-state index in [1.807, 2.05) is 0 Å². The maximum atomic E-state index is 11.5. The highest BCUT2D eigenvalue weighted by atomic mass is 79.9. The lowest BCUT2D eigenvalue weighted by molar-refractivity contribution is -0.118. The Morgan fingerprint density at radius 3 is 2.42 bits per heavy atom. The summed E-state index contributed by atoms with van der Waals surface area (Å²) in [6, 6.07) is 0. The summed E-state index contributed by atoms with van der Waals surface area (Å²) in [4.78, 5) is 33.7. The number of methoxy groups -OCH3 is 1. The summed E-state index contributed by atoms with van der Waals surface area (Å²) < 4.78 is 5.00. The average molecular weight is 334 g/mol. The number of unbranched alkanes of at least 4 members (excludes halogenated alkanes) is 1. The zero-order chi connectivity index (χ0) is 14.7. The van der Waals surface area contributed by atoms with Gasteiger partial charge in [-0.25, -0.2) is 0 Å². The molecule has 0 unspecified atom stereocenters. The molecular formula is C13H20BrNO4. The standard InChI is InChI=1S/C13H20BrNO4/c1-10(16)5-3-4-6-11(17)9-12(14)13(18)15-7-8-19-2/h9H,3-8H2,1-2H3,(H,15,18)/b12-9+. The summed E-state index contributed by atoms with van der Waals surface area (Å²) in [5.74, 6) is -0.340. The number of carbonyl (C=O) groups is 3. The van der Waals surface area contributed by atoms with E-state index in [-0.39, 0.29) is 22.0 Å². The van der Waals surface area contributed by atoms with Crippen LogP contribution in [0.25, 0.3) is 0 Å². The number of ether oxygens (including phenoxy) is 1. The largest absolute Gasteiger partial charge is 0.383 e. The van der Waals surface area contributed by atoms with Crippen molar-refractivity contribution in [1.82, 2.24) is 5.32 Å². The molecule has 0 rings (SSSR count). The third-order valence-corrected chi connectivity index (χ3v) is 2.89. The fourth-order valence-corrected chi connectivity index (χ4v) is 1.70. The third kappa shape index (κ3) is 10.6. The predicted molar refractivity (Wildman–Crippen MR) is 76.1 cm³/mol. The zero-order valence-electron chi connectivity index (χ0n) is 11.3. The number of halogens is 1. The van der Waals surface area contributed by atoms with Crippen LogP contribution in [0, 0.1) is 0 Å². The monoisotopic (exact) mass is 333 g/mol. The molecule has 0 aromatic carbocycles. The van der Waals surface area contributed by atoms with Crippen molar-refractivity contribution in [1.29, 1.82) is 0 Å². The van der Waals surface area contributed by atoms with Gasteiger partial charge in [0.15, 0.2) is 5.78 Å². The molecule has 0 bridgehead atoms. The van der Waals surface area contributed by atoms with E-state index in [0.717, 1.165) is 0 Å². The number of ketones is 2. The normalized spacial score (nSPS) is 11.2. The number of hydrogen-bond donors (Lipinski definition) is 1. The minimum absolute atomic E-state index is 0.127. The Labute approximate surface area is 121 Å². The highest BCUT2D eigenvalue weighted by molar-refractivity contribution is 9.12. The summed E-state index contributed by atoms with van der Waals surface area (Å²) in [7, 11) is 1.54. The first-order chi connectivity index (χ1) is 8.97. The summed E-state index contributed by atoms with van der Waals surface area (Å²) in [5, 5.41) is 2.59. The maximum Gasteiger partial charge on any atom is 0.258 e. The molecule has 108 valence electrons. The molecule has 0 saturated carbocycles. The molecule has 1 amide bonds. The van der Waals surface area contributed by atoms with Crippen LogP contribution in [0.5, 0.6) is 0 Å². The van der Waals surface area contributed by atoms with Gasteiger partial charge in [-0.15, -0.1) is 0 Å². The van der Waals surface area contributed by atoms with Crippen molar-refractivity contribution in [3.63, 3.8) is 0 Å². The van der Waals surface area contributed by atoms with Gasteiger partial charge >= 0.3 is 0 Å². The lowest BCUT2D eigenvalue weighted by Crippen LogP contribution is -2.27. The maximum absolute atomic E-state index is 11.5. The average Bonchev–Trinajstić information content (AvgIpc) is 2.34. The predicted octanol–water partition coefficient (Wildman–Crippen LogP) is 1.75. The van der Waals surface area contributed by atoms with Crippen LogP contribution in [0.2, 0.25) is 0 Å². The van der Waals surface area contributed by atoms with E-state index in [4.69, 9.17) is 4.74 Å². The lowest BCUT2D eigenvalue weighted by atomic mass is 10.1. The van der Waals surface area contributed by atoms with Crippen LogP contribution in [0.1, 0.15) is 32.6 Å². The zero-order valence-corrected chi connectivity index (χ0v) is 12.9. The molecule has 0 aliphatic rings. The summed E-state index contributed by atoms with van der Waals surface area (Å²) >= 11 is 3.06. The fraction of sp³-hybridized carbons (Fsp3) is 0.615. The molecule has 5 nitrogen and oxygen atoms in total. The van der Waals surface area contributed by atoms with Gasteiger partial charge in [0.1, 0.15) is 5.78 Å². The van der Waals surface area contributed by atoms with Gasteiger partial charge in [-0.3, -0.25) is 9.59 Å². The number of Topliss-reactive ketones (excluding diaryl/α,β-unsaturated/α-hetero) is 1. The van der Waals surface area contributed by atoms with Gasteiger partial charge in [0.05, 0.1) is 11.1 Å². The Balaban J connectivity index is 3.95. The van der Waals surface area contributed by atoms with E-state index in [9.17, 15) is 14.4 Å². The van der Waals surface area contributed by atoms with E-state index in [0.29, 0.717) is 38.8 Å². The summed E-state index contributed by atoms with van der Waals surface area (Å²) in [6.07, 6.45) is 3.46. The van der Waals surface area contributed by atoms with Gasteiger partial charge in [-0.05, 0) is 35.7 Å². The topological polar surface area (TPSA) is 72.5 Å². The van der Waals surface area contributed by atoms with Crippen LogP contribution in [-0.4, -0.2) is 37.7 Å². The highest BCUT2D eigenvalue weighted by Gasteiger charge is 2.08. The van der Waals surface area contributed by atoms with Crippen LogP contribution in [-0.2, 0) is 19.1 Å². The number of amides is 1. The van der Waals surface area contributed by atoms with E-state index < -0.39 is 0 Å². The number of rotatable bonds is 10. The molecule has 0 saturated heterocycles. The molecule has 0 radical (unpaired) electrons. The van der Waals surface area contributed by atoms with Crippen molar-refractivity contribution >= 4 is 33.4 Å². The summed E-state index contributed by atoms with van der Waals surface area (Å²) in [6.45, 7) is 2.35. The molecule has 6 heteroatoms. The molecule has 0 fully saturated rings. The lowest BCUT2D eigenvalue weighted by Gasteiger charge is -2.03. The first kappa shape index (κ1) is 18.0. The first-order valence-electron chi connectivity index (χ1n) is 6.14. The van der Waals surface area contributed by atoms with Crippen LogP contribution in [0.3, 0.4) is 0 Å². The Hall–Kier alpha value is -1.01. The Bertz CT molecular complexity index is 353.